The number of benzene rings is 1. The molecular weight excluding hydrogens is 251 g/mol. The minimum absolute atomic E-state index is 0.0924. The van der Waals surface area contributed by atoms with Crippen LogP contribution in [0.1, 0.15) is 43.4 Å². The average molecular weight is 276 g/mol. The third-order valence-corrected chi connectivity index (χ3v) is 5.27. The van der Waals surface area contributed by atoms with Crippen LogP contribution in [0.15, 0.2) is 12.1 Å². The number of anilines is 1. The Morgan fingerprint density at radius 1 is 1.25 bits per heavy atom. The fourth-order valence-corrected chi connectivity index (χ4v) is 3.89. The third kappa shape index (κ3) is 2.32. The van der Waals surface area contributed by atoms with Crippen LogP contribution >= 0.6 is 0 Å². The number of nitrogens with zero attached hydrogens (tertiary/aromatic N) is 1. The Morgan fingerprint density at radius 2 is 1.90 bits per heavy atom. The lowest BCUT2D eigenvalue weighted by molar-refractivity contribution is 0.494. The molecule has 3 unspecified atom stereocenters. The van der Waals surface area contributed by atoms with Crippen molar-refractivity contribution >= 4 is 5.69 Å². The highest BCUT2D eigenvalue weighted by Gasteiger charge is 2.37. The summed E-state index contributed by atoms with van der Waals surface area (Å²) in [5, 5.41) is 3.25. The Labute approximate surface area is 121 Å². The molecule has 0 bridgehead atoms. The molecule has 1 aromatic carbocycles. The van der Waals surface area contributed by atoms with Crippen molar-refractivity contribution in [3.05, 3.63) is 29.1 Å². The van der Waals surface area contributed by atoms with Crippen LogP contribution < -0.4 is 10.2 Å². The van der Waals surface area contributed by atoms with Crippen LogP contribution in [0, 0.1) is 24.6 Å². The first-order valence-electron chi connectivity index (χ1n) is 7.82. The van der Waals surface area contributed by atoms with Crippen molar-refractivity contribution in [2.24, 2.45) is 11.8 Å². The van der Waals surface area contributed by atoms with Gasteiger partial charge in [0.1, 0.15) is 5.82 Å². The van der Waals surface area contributed by atoms with E-state index in [1.165, 1.54) is 24.9 Å². The molecule has 3 rings (SSSR count). The average Bonchev–Trinajstić information content (AvgIpc) is 3.01. The zero-order valence-electron chi connectivity index (χ0n) is 12.7. The summed E-state index contributed by atoms with van der Waals surface area (Å²) in [6.07, 6.45) is 4.14. The number of halogens is 1. The largest absolute Gasteiger partial charge is 0.371 e. The summed E-state index contributed by atoms with van der Waals surface area (Å²) >= 11 is 0. The molecule has 1 aromatic rings. The number of fused-ring (bicyclic) bond motifs is 1. The van der Waals surface area contributed by atoms with Gasteiger partial charge in [0.25, 0.3) is 0 Å². The zero-order valence-corrected chi connectivity index (χ0v) is 12.7. The fraction of sp³-hybridized carbons (Fsp3) is 0.647. The fourth-order valence-electron chi connectivity index (χ4n) is 3.89. The number of aryl methyl sites for hydroxylation is 1. The lowest BCUT2D eigenvalue weighted by Crippen LogP contribution is -2.25. The molecule has 2 fully saturated rings. The Kier molecular flexibility index (Phi) is 3.72. The number of hydrogen-bond donors (Lipinski definition) is 1. The number of hydrogen-bond acceptors (Lipinski definition) is 2. The molecule has 0 radical (unpaired) electrons. The maximum Gasteiger partial charge on any atom is 0.126 e. The first-order valence-corrected chi connectivity index (χ1v) is 7.82. The minimum atomic E-state index is -0.0924. The maximum atomic E-state index is 13.9. The SMILES string of the molecule is CNC(C)c1cc(F)c(C)cc1N1CC2CCCC2C1. The zero-order chi connectivity index (χ0) is 14.3. The highest BCUT2D eigenvalue weighted by molar-refractivity contribution is 5.58. The topological polar surface area (TPSA) is 15.3 Å². The molecule has 1 N–H and O–H groups in total. The van der Waals surface area contributed by atoms with Gasteiger partial charge in [-0.1, -0.05) is 6.42 Å². The van der Waals surface area contributed by atoms with Crippen LogP contribution in [0.2, 0.25) is 0 Å². The molecule has 2 aliphatic rings. The molecule has 0 amide bonds. The van der Waals surface area contributed by atoms with Crippen molar-refractivity contribution in [2.75, 3.05) is 25.0 Å². The standard InChI is InChI=1S/C17H25FN2/c1-11-7-17(15(8-16(11)18)12(2)19-3)20-9-13-5-4-6-14(13)10-20/h7-8,12-14,19H,4-6,9-10H2,1-3H3. The molecule has 1 saturated carbocycles. The van der Waals surface area contributed by atoms with E-state index in [1.54, 1.807) is 6.07 Å². The van der Waals surface area contributed by atoms with E-state index in [1.807, 2.05) is 20.0 Å². The molecule has 0 aromatic heterocycles. The van der Waals surface area contributed by atoms with Gasteiger partial charge in [-0.25, -0.2) is 4.39 Å². The molecule has 1 heterocycles. The van der Waals surface area contributed by atoms with Crippen molar-refractivity contribution in [3.8, 4) is 0 Å². The van der Waals surface area contributed by atoms with Gasteiger partial charge in [0.05, 0.1) is 0 Å². The third-order valence-electron chi connectivity index (χ3n) is 5.27. The summed E-state index contributed by atoms with van der Waals surface area (Å²) in [7, 11) is 1.94. The van der Waals surface area contributed by atoms with Crippen molar-refractivity contribution < 1.29 is 4.39 Å². The van der Waals surface area contributed by atoms with E-state index in [0.29, 0.717) is 0 Å². The molecular formula is C17H25FN2. The van der Waals surface area contributed by atoms with Crippen molar-refractivity contribution in [1.82, 2.24) is 5.32 Å². The number of rotatable bonds is 3. The van der Waals surface area contributed by atoms with Gasteiger partial charge in [0.15, 0.2) is 0 Å². The Bertz CT molecular complexity index is 488. The molecule has 3 atom stereocenters. The molecule has 110 valence electrons. The smallest absolute Gasteiger partial charge is 0.126 e. The van der Waals surface area contributed by atoms with Crippen LogP contribution in [0.25, 0.3) is 0 Å². The van der Waals surface area contributed by atoms with Gasteiger partial charge in [-0.3, -0.25) is 0 Å². The highest BCUT2D eigenvalue weighted by atomic mass is 19.1. The van der Waals surface area contributed by atoms with Gasteiger partial charge >= 0.3 is 0 Å². The van der Waals surface area contributed by atoms with Crippen molar-refractivity contribution in [3.63, 3.8) is 0 Å². The van der Waals surface area contributed by atoms with Crippen LogP contribution in [0.5, 0.6) is 0 Å². The summed E-state index contributed by atoms with van der Waals surface area (Å²) in [5.74, 6) is 1.63. The minimum Gasteiger partial charge on any atom is -0.371 e. The Morgan fingerprint density at radius 3 is 2.50 bits per heavy atom. The summed E-state index contributed by atoms with van der Waals surface area (Å²) in [5.41, 5.74) is 3.08. The second-order valence-corrected chi connectivity index (χ2v) is 6.53. The molecule has 1 aliphatic carbocycles. The molecule has 3 heteroatoms. The Hall–Kier alpha value is -1.09. The summed E-state index contributed by atoms with van der Waals surface area (Å²) in [6, 6.07) is 3.94. The first kappa shape index (κ1) is 13.9. The van der Waals surface area contributed by atoms with E-state index in [4.69, 9.17) is 0 Å². The summed E-state index contributed by atoms with van der Waals surface area (Å²) in [4.78, 5) is 2.49. The lowest BCUT2D eigenvalue weighted by Gasteiger charge is -2.26. The Balaban J connectivity index is 1.93. The van der Waals surface area contributed by atoms with E-state index in [-0.39, 0.29) is 11.9 Å². The van der Waals surface area contributed by atoms with Crippen LogP contribution in [-0.2, 0) is 0 Å². The molecule has 2 nitrogen and oxygen atoms in total. The van der Waals surface area contributed by atoms with Gasteiger partial charge in [-0.2, -0.15) is 0 Å². The summed E-state index contributed by atoms with van der Waals surface area (Å²) < 4.78 is 13.9. The van der Waals surface area contributed by atoms with Crippen LogP contribution in [0.3, 0.4) is 0 Å². The van der Waals surface area contributed by atoms with Crippen LogP contribution in [0.4, 0.5) is 10.1 Å². The van der Waals surface area contributed by atoms with E-state index < -0.39 is 0 Å². The summed E-state index contributed by atoms with van der Waals surface area (Å²) in [6.45, 7) is 6.27. The predicted octanol–water partition coefficient (Wildman–Crippen LogP) is 3.65. The normalized spacial score (nSPS) is 26.9. The van der Waals surface area contributed by atoms with Crippen molar-refractivity contribution in [2.45, 2.75) is 39.2 Å². The van der Waals surface area contributed by atoms with Gasteiger partial charge in [-0.05, 0) is 68.8 Å². The lowest BCUT2D eigenvalue weighted by atomic mass is 10.0. The predicted molar refractivity (Wildman–Crippen MR) is 81.7 cm³/mol. The monoisotopic (exact) mass is 276 g/mol. The van der Waals surface area contributed by atoms with E-state index in [9.17, 15) is 4.39 Å². The second-order valence-electron chi connectivity index (χ2n) is 6.53. The highest BCUT2D eigenvalue weighted by Crippen LogP contribution is 2.41. The van der Waals surface area contributed by atoms with Crippen LogP contribution in [-0.4, -0.2) is 20.1 Å². The second kappa shape index (κ2) is 5.36. The molecule has 20 heavy (non-hydrogen) atoms. The van der Waals surface area contributed by atoms with E-state index in [2.05, 4.69) is 17.1 Å². The molecule has 1 saturated heterocycles. The van der Waals surface area contributed by atoms with E-state index >= 15 is 0 Å². The number of nitrogens with one attached hydrogen (secondary N) is 1. The maximum absolute atomic E-state index is 13.9. The first-order chi connectivity index (χ1) is 9.60. The molecule has 0 spiro atoms. The van der Waals surface area contributed by atoms with Gasteiger partial charge < -0.3 is 10.2 Å². The van der Waals surface area contributed by atoms with E-state index in [0.717, 1.165) is 36.1 Å². The van der Waals surface area contributed by atoms with Gasteiger partial charge in [0.2, 0.25) is 0 Å². The quantitative estimate of drug-likeness (QED) is 0.906. The van der Waals surface area contributed by atoms with Gasteiger partial charge in [-0.15, -0.1) is 0 Å². The van der Waals surface area contributed by atoms with Gasteiger partial charge in [0, 0.05) is 24.8 Å². The van der Waals surface area contributed by atoms with Crippen molar-refractivity contribution in [1.29, 1.82) is 0 Å². The molecule has 1 aliphatic heterocycles.